The van der Waals surface area contributed by atoms with Crippen LogP contribution in [0.3, 0.4) is 0 Å². The van der Waals surface area contributed by atoms with E-state index in [4.69, 9.17) is 0 Å². The topological polar surface area (TPSA) is 47.3 Å². The maximum absolute atomic E-state index is 10.3. The van der Waals surface area contributed by atoms with E-state index in [9.17, 15) is 4.79 Å². The van der Waals surface area contributed by atoms with E-state index in [1.807, 2.05) is 0 Å². The number of nitrogens with zero attached hydrogens (tertiary/aromatic N) is 3. The molecule has 0 aliphatic rings. The summed E-state index contributed by atoms with van der Waals surface area (Å²) in [6.07, 6.45) is 4.10. The van der Waals surface area contributed by atoms with Crippen LogP contribution in [0.25, 0.3) is 5.52 Å². The summed E-state index contributed by atoms with van der Waals surface area (Å²) >= 11 is 0. The van der Waals surface area contributed by atoms with Gasteiger partial charge in [0.15, 0.2) is 0 Å². The predicted molar refractivity (Wildman–Crippen MR) is 38.4 cm³/mol. The Hall–Kier alpha value is -1.71. The van der Waals surface area contributed by atoms with Crippen LogP contribution in [0, 0.1) is 0 Å². The predicted octanol–water partition coefficient (Wildman–Crippen LogP) is 0.542. The van der Waals surface area contributed by atoms with Crippen molar-refractivity contribution in [2.24, 2.45) is 0 Å². The third-order valence-electron chi connectivity index (χ3n) is 1.46. The average Bonchev–Trinajstić information content (AvgIpc) is 2.50. The van der Waals surface area contributed by atoms with E-state index < -0.39 is 0 Å². The van der Waals surface area contributed by atoms with Crippen LogP contribution in [-0.2, 0) is 0 Å². The number of aldehydes is 1. The van der Waals surface area contributed by atoms with E-state index in [1.54, 1.807) is 29.0 Å². The normalized spacial score (nSPS) is 10.2. The van der Waals surface area contributed by atoms with Gasteiger partial charge in [-0.15, -0.1) is 5.10 Å². The van der Waals surface area contributed by atoms with Crippen molar-refractivity contribution in [3.05, 3.63) is 30.1 Å². The van der Waals surface area contributed by atoms with E-state index in [1.165, 1.54) is 0 Å². The second-order valence-corrected chi connectivity index (χ2v) is 2.18. The van der Waals surface area contributed by atoms with Crippen LogP contribution in [0.15, 0.2) is 24.5 Å². The Morgan fingerprint density at radius 3 is 3.27 bits per heavy atom. The minimum absolute atomic E-state index is 0.639. The molecule has 0 unspecified atom stereocenters. The largest absolute Gasteiger partial charge is 0.298 e. The van der Waals surface area contributed by atoms with Gasteiger partial charge in [0.05, 0.1) is 11.7 Å². The van der Waals surface area contributed by atoms with Crippen molar-refractivity contribution >= 4 is 11.8 Å². The van der Waals surface area contributed by atoms with E-state index >= 15 is 0 Å². The molecule has 4 nitrogen and oxygen atoms in total. The van der Waals surface area contributed by atoms with Gasteiger partial charge in [-0.2, -0.15) is 0 Å². The molecule has 0 atom stereocenters. The Bertz CT molecular complexity index is 393. The highest BCUT2D eigenvalue weighted by Crippen LogP contribution is 2.01. The van der Waals surface area contributed by atoms with Crippen LogP contribution in [0.1, 0.15) is 10.4 Å². The van der Waals surface area contributed by atoms with Gasteiger partial charge >= 0.3 is 0 Å². The molecule has 0 fully saturated rings. The molecule has 0 N–H and O–H groups in total. The van der Waals surface area contributed by atoms with Crippen molar-refractivity contribution in [2.45, 2.75) is 0 Å². The van der Waals surface area contributed by atoms with Crippen molar-refractivity contribution in [1.29, 1.82) is 0 Å². The van der Waals surface area contributed by atoms with Crippen LogP contribution in [0.5, 0.6) is 0 Å². The van der Waals surface area contributed by atoms with Crippen molar-refractivity contribution < 1.29 is 4.79 Å². The molecule has 2 rings (SSSR count). The molecule has 0 saturated carbocycles. The van der Waals surface area contributed by atoms with Crippen LogP contribution >= 0.6 is 0 Å². The van der Waals surface area contributed by atoms with Crippen molar-refractivity contribution in [3.8, 4) is 0 Å². The zero-order valence-corrected chi connectivity index (χ0v) is 5.64. The Morgan fingerprint density at radius 2 is 2.45 bits per heavy atom. The molecular formula is C7H5N3O. The van der Waals surface area contributed by atoms with Crippen molar-refractivity contribution in [3.63, 3.8) is 0 Å². The molecule has 11 heavy (non-hydrogen) atoms. The summed E-state index contributed by atoms with van der Waals surface area (Å²) in [5.74, 6) is 0. The fourth-order valence-corrected chi connectivity index (χ4v) is 0.920. The molecule has 2 heterocycles. The summed E-state index contributed by atoms with van der Waals surface area (Å²) in [7, 11) is 0. The molecule has 0 bridgehead atoms. The van der Waals surface area contributed by atoms with Gasteiger partial charge in [0.2, 0.25) is 0 Å². The maximum atomic E-state index is 10.3. The monoisotopic (exact) mass is 147 g/mol. The molecule has 2 aromatic heterocycles. The molecule has 0 aromatic carbocycles. The van der Waals surface area contributed by atoms with Crippen molar-refractivity contribution in [1.82, 2.24) is 14.8 Å². The molecule has 0 amide bonds. The number of hydrogen-bond acceptors (Lipinski definition) is 3. The Morgan fingerprint density at radius 1 is 1.55 bits per heavy atom. The molecular weight excluding hydrogens is 142 g/mol. The fourth-order valence-electron chi connectivity index (χ4n) is 0.920. The summed E-state index contributed by atoms with van der Waals surface area (Å²) in [5, 5.41) is 7.42. The third-order valence-corrected chi connectivity index (χ3v) is 1.46. The minimum Gasteiger partial charge on any atom is -0.298 e. The zero-order chi connectivity index (χ0) is 7.68. The first-order valence-corrected chi connectivity index (χ1v) is 3.15. The molecule has 2 aromatic rings. The second-order valence-electron chi connectivity index (χ2n) is 2.18. The quantitative estimate of drug-likeness (QED) is 0.553. The van der Waals surface area contributed by atoms with Gasteiger partial charge in [-0.3, -0.25) is 4.79 Å². The Labute approximate surface area is 62.5 Å². The van der Waals surface area contributed by atoms with Gasteiger partial charge in [0.1, 0.15) is 6.29 Å². The number of hydrogen-bond donors (Lipinski definition) is 0. The summed E-state index contributed by atoms with van der Waals surface area (Å²) in [6, 6.07) is 3.42. The van der Waals surface area contributed by atoms with Gasteiger partial charge in [-0.1, -0.05) is 5.21 Å². The number of aromatic nitrogens is 3. The highest BCUT2D eigenvalue weighted by Gasteiger charge is 1.94. The first-order chi connectivity index (χ1) is 5.40. The van der Waals surface area contributed by atoms with Gasteiger partial charge in [0.25, 0.3) is 0 Å². The number of pyridine rings is 1. The lowest BCUT2D eigenvalue weighted by molar-refractivity contribution is 0.112. The SMILES string of the molecule is O=Cc1ccn2nncc2c1. The molecule has 0 spiro atoms. The Balaban J connectivity index is 2.76. The number of carbonyl (C=O) groups excluding carboxylic acids is 1. The molecule has 4 heteroatoms. The molecule has 0 radical (unpaired) electrons. The lowest BCUT2D eigenvalue weighted by atomic mass is 10.3. The van der Waals surface area contributed by atoms with Gasteiger partial charge in [0, 0.05) is 11.8 Å². The fraction of sp³-hybridized carbons (Fsp3) is 0. The summed E-state index contributed by atoms with van der Waals surface area (Å²) in [4.78, 5) is 10.3. The lowest BCUT2D eigenvalue weighted by Crippen LogP contribution is -1.87. The highest BCUT2D eigenvalue weighted by atomic mass is 16.1. The summed E-state index contributed by atoms with van der Waals surface area (Å²) < 4.78 is 1.60. The second kappa shape index (κ2) is 2.16. The Kier molecular flexibility index (Phi) is 1.18. The van der Waals surface area contributed by atoms with E-state index in [0.717, 1.165) is 11.8 Å². The average molecular weight is 147 g/mol. The van der Waals surface area contributed by atoms with E-state index in [2.05, 4.69) is 10.3 Å². The third kappa shape index (κ3) is 0.881. The molecule has 0 aliphatic heterocycles. The van der Waals surface area contributed by atoms with Gasteiger partial charge in [-0.05, 0) is 12.1 Å². The first kappa shape index (κ1) is 6.03. The number of carbonyl (C=O) groups is 1. The zero-order valence-electron chi connectivity index (χ0n) is 5.64. The molecule has 0 saturated heterocycles. The van der Waals surface area contributed by atoms with E-state index in [-0.39, 0.29) is 0 Å². The summed E-state index contributed by atoms with van der Waals surface area (Å²) in [6.45, 7) is 0. The van der Waals surface area contributed by atoms with Crippen LogP contribution in [0.2, 0.25) is 0 Å². The number of rotatable bonds is 1. The van der Waals surface area contributed by atoms with Crippen LogP contribution in [-0.4, -0.2) is 21.1 Å². The van der Waals surface area contributed by atoms with Crippen molar-refractivity contribution in [2.75, 3.05) is 0 Å². The van der Waals surface area contributed by atoms with Crippen LogP contribution in [0.4, 0.5) is 0 Å². The smallest absolute Gasteiger partial charge is 0.150 e. The number of fused-ring (bicyclic) bond motifs is 1. The highest BCUT2D eigenvalue weighted by molar-refractivity contribution is 5.76. The maximum Gasteiger partial charge on any atom is 0.150 e. The van der Waals surface area contributed by atoms with E-state index in [0.29, 0.717) is 5.56 Å². The lowest BCUT2D eigenvalue weighted by Gasteiger charge is -1.90. The van der Waals surface area contributed by atoms with Gasteiger partial charge < -0.3 is 0 Å². The van der Waals surface area contributed by atoms with Crippen LogP contribution < -0.4 is 0 Å². The minimum atomic E-state index is 0.639. The molecule has 0 aliphatic carbocycles. The van der Waals surface area contributed by atoms with Gasteiger partial charge in [-0.25, -0.2) is 4.52 Å². The molecule has 54 valence electrons. The first-order valence-electron chi connectivity index (χ1n) is 3.15. The summed E-state index contributed by atoms with van der Waals surface area (Å²) in [5.41, 5.74) is 1.47. The standard InChI is InChI=1S/C7H5N3O/c11-5-6-1-2-10-7(3-6)4-8-9-10/h1-5H.